The molecule has 22 heavy (non-hydrogen) atoms. The zero-order valence-electron chi connectivity index (χ0n) is 12.0. The van der Waals surface area contributed by atoms with Gasteiger partial charge in [0.2, 0.25) is 0 Å². The largest absolute Gasteiger partial charge is 0.497 e. The Morgan fingerprint density at radius 2 is 2.05 bits per heavy atom. The van der Waals surface area contributed by atoms with E-state index < -0.39 is 0 Å². The van der Waals surface area contributed by atoms with E-state index in [1.165, 1.54) is 0 Å². The van der Waals surface area contributed by atoms with Crippen LogP contribution in [0.25, 0.3) is 11.0 Å². The predicted octanol–water partition coefficient (Wildman–Crippen LogP) is 4.40. The van der Waals surface area contributed by atoms with Gasteiger partial charge in [0.05, 0.1) is 24.8 Å². The number of fused-ring (bicyclic) bond motifs is 1. The van der Waals surface area contributed by atoms with E-state index in [4.69, 9.17) is 21.1 Å². The molecule has 114 valence electrons. The number of nitrogens with zero attached hydrogens (tertiary/aromatic N) is 1. The third-order valence-electron chi connectivity index (χ3n) is 3.05. The molecule has 0 fully saturated rings. The molecule has 0 aliphatic carbocycles. The summed E-state index contributed by atoms with van der Waals surface area (Å²) in [5.41, 5.74) is 1.87. The Hall–Kier alpha value is -1.85. The van der Waals surface area contributed by atoms with Crippen molar-refractivity contribution in [3.63, 3.8) is 0 Å². The van der Waals surface area contributed by atoms with Gasteiger partial charge in [-0.2, -0.15) is 0 Å². The average Bonchev–Trinajstić information content (AvgIpc) is 2.93. The van der Waals surface area contributed by atoms with Crippen LogP contribution >= 0.6 is 23.4 Å². The van der Waals surface area contributed by atoms with Gasteiger partial charge >= 0.3 is 0 Å². The SMILES string of the molecule is COc1cccc(OCCSc2nc3ccc(Cl)cc3[nH]2)c1. The number of halogens is 1. The summed E-state index contributed by atoms with van der Waals surface area (Å²) < 4.78 is 10.9. The van der Waals surface area contributed by atoms with E-state index in [0.717, 1.165) is 33.4 Å². The van der Waals surface area contributed by atoms with E-state index in [1.54, 1.807) is 18.9 Å². The standard InChI is InChI=1S/C16H15ClN2O2S/c1-20-12-3-2-4-13(10-12)21-7-8-22-16-18-14-6-5-11(17)9-15(14)19-16/h2-6,9-10H,7-8H2,1H3,(H,18,19). The maximum atomic E-state index is 5.96. The number of hydrogen-bond acceptors (Lipinski definition) is 4. The Balaban J connectivity index is 1.53. The first-order valence-electron chi connectivity index (χ1n) is 6.79. The molecule has 1 heterocycles. The van der Waals surface area contributed by atoms with Gasteiger partial charge in [0.25, 0.3) is 0 Å². The minimum Gasteiger partial charge on any atom is -0.497 e. The summed E-state index contributed by atoms with van der Waals surface area (Å²) in [6, 6.07) is 13.2. The van der Waals surface area contributed by atoms with Crippen molar-refractivity contribution in [2.75, 3.05) is 19.5 Å². The van der Waals surface area contributed by atoms with Crippen molar-refractivity contribution in [1.82, 2.24) is 9.97 Å². The molecule has 6 heteroatoms. The number of H-pyrrole nitrogens is 1. The number of aromatic amines is 1. The zero-order valence-corrected chi connectivity index (χ0v) is 13.6. The topological polar surface area (TPSA) is 47.1 Å². The molecule has 3 aromatic rings. The average molecular weight is 335 g/mol. The highest BCUT2D eigenvalue weighted by Crippen LogP contribution is 2.23. The van der Waals surface area contributed by atoms with E-state index in [2.05, 4.69) is 9.97 Å². The van der Waals surface area contributed by atoms with Crippen LogP contribution in [0.5, 0.6) is 11.5 Å². The third-order valence-corrected chi connectivity index (χ3v) is 4.13. The lowest BCUT2D eigenvalue weighted by Gasteiger charge is -2.06. The molecule has 0 radical (unpaired) electrons. The lowest BCUT2D eigenvalue weighted by molar-refractivity contribution is 0.339. The predicted molar refractivity (Wildman–Crippen MR) is 90.3 cm³/mol. The second-order valence-corrected chi connectivity index (χ2v) is 6.10. The van der Waals surface area contributed by atoms with E-state index in [0.29, 0.717) is 11.6 Å². The Morgan fingerprint density at radius 3 is 2.91 bits per heavy atom. The summed E-state index contributed by atoms with van der Waals surface area (Å²) in [7, 11) is 1.64. The van der Waals surface area contributed by atoms with Crippen LogP contribution in [-0.4, -0.2) is 29.4 Å². The first kappa shape index (κ1) is 15.1. The molecule has 4 nitrogen and oxygen atoms in total. The van der Waals surface area contributed by atoms with Gasteiger partial charge in [-0.1, -0.05) is 29.4 Å². The highest BCUT2D eigenvalue weighted by Gasteiger charge is 2.04. The molecular weight excluding hydrogens is 320 g/mol. The summed E-state index contributed by atoms with van der Waals surface area (Å²) in [5.74, 6) is 2.39. The summed E-state index contributed by atoms with van der Waals surface area (Å²) >= 11 is 7.58. The van der Waals surface area contributed by atoms with Crippen molar-refractivity contribution in [2.24, 2.45) is 0 Å². The second-order valence-electron chi connectivity index (χ2n) is 4.58. The molecule has 0 atom stereocenters. The number of aromatic nitrogens is 2. The lowest BCUT2D eigenvalue weighted by atomic mass is 10.3. The molecule has 0 aliphatic heterocycles. The van der Waals surface area contributed by atoms with Gasteiger partial charge in [-0.3, -0.25) is 0 Å². The van der Waals surface area contributed by atoms with Crippen LogP contribution in [0, 0.1) is 0 Å². The number of imidazole rings is 1. The molecule has 0 bridgehead atoms. The monoisotopic (exact) mass is 334 g/mol. The molecule has 0 aliphatic rings. The Kier molecular flexibility index (Phi) is 4.75. The molecule has 3 rings (SSSR count). The number of ether oxygens (including phenoxy) is 2. The Bertz CT molecular complexity index is 776. The van der Waals surface area contributed by atoms with E-state index in [9.17, 15) is 0 Å². The molecule has 1 N–H and O–H groups in total. The van der Waals surface area contributed by atoms with Crippen molar-refractivity contribution >= 4 is 34.4 Å². The molecule has 0 spiro atoms. The van der Waals surface area contributed by atoms with E-state index in [1.807, 2.05) is 42.5 Å². The van der Waals surface area contributed by atoms with Crippen LogP contribution in [0.3, 0.4) is 0 Å². The smallest absolute Gasteiger partial charge is 0.166 e. The van der Waals surface area contributed by atoms with Crippen LogP contribution in [0.2, 0.25) is 5.02 Å². The van der Waals surface area contributed by atoms with Crippen LogP contribution in [0.15, 0.2) is 47.6 Å². The fraction of sp³-hybridized carbons (Fsp3) is 0.188. The van der Waals surface area contributed by atoms with Crippen LogP contribution in [0.4, 0.5) is 0 Å². The van der Waals surface area contributed by atoms with Crippen molar-refractivity contribution in [3.8, 4) is 11.5 Å². The molecule has 1 aromatic heterocycles. The van der Waals surface area contributed by atoms with Gasteiger partial charge in [-0.25, -0.2) is 4.98 Å². The van der Waals surface area contributed by atoms with Crippen molar-refractivity contribution in [2.45, 2.75) is 5.16 Å². The number of methoxy groups -OCH3 is 1. The van der Waals surface area contributed by atoms with Crippen LogP contribution in [-0.2, 0) is 0 Å². The minimum atomic E-state index is 0.593. The number of nitrogens with one attached hydrogen (secondary N) is 1. The summed E-state index contributed by atoms with van der Waals surface area (Å²) in [6.45, 7) is 0.593. The van der Waals surface area contributed by atoms with Crippen LogP contribution in [0.1, 0.15) is 0 Å². The number of rotatable bonds is 6. The molecule has 0 saturated heterocycles. The first-order chi connectivity index (χ1) is 10.7. The van der Waals surface area contributed by atoms with Crippen molar-refractivity contribution in [3.05, 3.63) is 47.5 Å². The Morgan fingerprint density at radius 1 is 1.18 bits per heavy atom. The second kappa shape index (κ2) is 6.94. The third kappa shape index (κ3) is 3.67. The van der Waals surface area contributed by atoms with Gasteiger partial charge in [0, 0.05) is 16.8 Å². The van der Waals surface area contributed by atoms with Gasteiger partial charge < -0.3 is 14.5 Å². The first-order valence-corrected chi connectivity index (χ1v) is 8.16. The summed E-state index contributed by atoms with van der Waals surface area (Å²) in [6.07, 6.45) is 0. The fourth-order valence-corrected chi connectivity index (χ4v) is 2.89. The zero-order chi connectivity index (χ0) is 15.4. The molecule has 2 aromatic carbocycles. The number of thioether (sulfide) groups is 1. The number of hydrogen-bond donors (Lipinski definition) is 1. The molecule has 0 amide bonds. The van der Waals surface area contributed by atoms with Gasteiger partial charge in [0.1, 0.15) is 11.5 Å². The highest BCUT2D eigenvalue weighted by molar-refractivity contribution is 7.99. The number of benzene rings is 2. The minimum absolute atomic E-state index is 0.593. The Labute approximate surface area is 137 Å². The molecular formula is C16H15ClN2O2S. The van der Waals surface area contributed by atoms with Gasteiger partial charge in [-0.15, -0.1) is 0 Å². The highest BCUT2D eigenvalue weighted by atomic mass is 35.5. The van der Waals surface area contributed by atoms with Crippen molar-refractivity contribution in [1.29, 1.82) is 0 Å². The fourth-order valence-electron chi connectivity index (χ4n) is 2.02. The summed E-state index contributed by atoms with van der Waals surface area (Å²) in [4.78, 5) is 7.74. The van der Waals surface area contributed by atoms with Gasteiger partial charge in [0.15, 0.2) is 5.16 Å². The maximum Gasteiger partial charge on any atom is 0.166 e. The van der Waals surface area contributed by atoms with Gasteiger partial charge in [-0.05, 0) is 30.3 Å². The molecule has 0 unspecified atom stereocenters. The lowest BCUT2D eigenvalue weighted by Crippen LogP contribution is -2.00. The van der Waals surface area contributed by atoms with E-state index >= 15 is 0 Å². The quantitative estimate of drug-likeness (QED) is 0.536. The van der Waals surface area contributed by atoms with Crippen molar-refractivity contribution < 1.29 is 9.47 Å². The maximum absolute atomic E-state index is 5.96. The normalized spacial score (nSPS) is 10.8. The van der Waals surface area contributed by atoms with E-state index in [-0.39, 0.29) is 0 Å². The van der Waals surface area contributed by atoms with Crippen LogP contribution < -0.4 is 9.47 Å². The summed E-state index contributed by atoms with van der Waals surface area (Å²) in [5, 5.41) is 1.57. The molecule has 0 saturated carbocycles.